The zero-order chi connectivity index (χ0) is 39.7. The molecular formula is C54H50N4. The van der Waals surface area contributed by atoms with Gasteiger partial charge in [-0.1, -0.05) is 99.5 Å². The Morgan fingerprint density at radius 1 is 0.345 bits per heavy atom. The summed E-state index contributed by atoms with van der Waals surface area (Å²) in [5, 5.41) is 5.14. The highest BCUT2D eigenvalue weighted by Gasteiger charge is 2.20. The van der Waals surface area contributed by atoms with Crippen LogP contribution in [-0.2, 0) is 25.7 Å². The first-order valence-corrected chi connectivity index (χ1v) is 21.1. The van der Waals surface area contributed by atoms with E-state index in [1.165, 1.54) is 111 Å². The second-order valence-corrected chi connectivity index (χ2v) is 15.9. The fourth-order valence-electron chi connectivity index (χ4n) is 9.46. The molecule has 10 aromatic rings. The Morgan fingerprint density at radius 2 is 0.724 bits per heavy atom. The fraction of sp³-hybridized carbons (Fsp3) is 0.185. The van der Waals surface area contributed by atoms with Crippen molar-refractivity contribution in [2.75, 3.05) is 0 Å². The van der Waals surface area contributed by atoms with Crippen LogP contribution in [0.5, 0.6) is 0 Å². The number of aryl methyl sites for hydroxylation is 6. The molecule has 4 aromatic heterocycles. The Kier molecular flexibility index (Phi) is 8.75. The van der Waals surface area contributed by atoms with Gasteiger partial charge in [-0.2, -0.15) is 0 Å². The average Bonchev–Trinajstić information content (AvgIpc) is 4.03. The molecule has 6 aromatic carbocycles. The van der Waals surface area contributed by atoms with E-state index in [2.05, 4.69) is 205 Å². The van der Waals surface area contributed by atoms with Gasteiger partial charge in [-0.15, -0.1) is 0 Å². The van der Waals surface area contributed by atoms with E-state index in [0.29, 0.717) is 0 Å². The Balaban J connectivity index is 1.12. The molecule has 0 atom stereocenters. The number of benzene rings is 6. The van der Waals surface area contributed by atoms with E-state index in [4.69, 9.17) is 0 Å². The number of hydrogen-bond donors (Lipinski definition) is 0. The van der Waals surface area contributed by atoms with E-state index in [1.807, 2.05) is 0 Å². The third kappa shape index (κ3) is 5.65. The molecule has 0 N–H and O–H groups in total. The number of nitrogens with zero attached hydrogens (tertiary/aromatic N) is 4. The SMILES string of the molecule is CCc1cc2c(ccc3cc(CC)n(-c4cccc(-c5cccc(-n6c(CC)cc7ccc8c(cc(CC)n8-c8ccc(C)cc8)c76)c5)c4)c32)n1-c1ccc(C)cc1. The van der Waals surface area contributed by atoms with E-state index in [0.717, 1.165) is 25.7 Å². The van der Waals surface area contributed by atoms with Gasteiger partial charge in [0.25, 0.3) is 0 Å². The van der Waals surface area contributed by atoms with Crippen LogP contribution in [0.2, 0.25) is 0 Å². The van der Waals surface area contributed by atoms with Crippen LogP contribution in [0, 0.1) is 13.8 Å². The molecule has 0 aliphatic carbocycles. The molecule has 0 saturated carbocycles. The van der Waals surface area contributed by atoms with E-state index >= 15 is 0 Å². The predicted octanol–water partition coefficient (Wildman–Crippen LogP) is 14.0. The van der Waals surface area contributed by atoms with Crippen LogP contribution < -0.4 is 0 Å². The van der Waals surface area contributed by atoms with Gasteiger partial charge in [0.1, 0.15) is 0 Å². The number of aromatic nitrogens is 4. The molecule has 0 radical (unpaired) electrons. The zero-order valence-electron chi connectivity index (χ0n) is 34.5. The monoisotopic (exact) mass is 754 g/mol. The van der Waals surface area contributed by atoms with Crippen LogP contribution >= 0.6 is 0 Å². The fourth-order valence-corrected chi connectivity index (χ4v) is 9.46. The van der Waals surface area contributed by atoms with Crippen molar-refractivity contribution in [1.29, 1.82) is 0 Å². The lowest BCUT2D eigenvalue weighted by Crippen LogP contribution is -2.01. The van der Waals surface area contributed by atoms with E-state index < -0.39 is 0 Å². The van der Waals surface area contributed by atoms with Gasteiger partial charge in [-0.05, 0) is 136 Å². The highest BCUT2D eigenvalue weighted by Crippen LogP contribution is 2.38. The van der Waals surface area contributed by atoms with Gasteiger partial charge in [0.2, 0.25) is 0 Å². The highest BCUT2D eigenvalue weighted by atomic mass is 15.0. The summed E-state index contributed by atoms with van der Waals surface area (Å²) >= 11 is 0. The van der Waals surface area contributed by atoms with Crippen LogP contribution in [0.25, 0.3) is 77.5 Å². The summed E-state index contributed by atoms with van der Waals surface area (Å²) in [7, 11) is 0. The van der Waals surface area contributed by atoms with Crippen molar-refractivity contribution in [3.8, 4) is 33.9 Å². The molecule has 0 unspecified atom stereocenters. The maximum absolute atomic E-state index is 2.51. The van der Waals surface area contributed by atoms with Crippen molar-refractivity contribution in [3.05, 3.63) is 179 Å². The molecule has 10 rings (SSSR count). The molecule has 58 heavy (non-hydrogen) atoms. The van der Waals surface area contributed by atoms with Crippen LogP contribution in [0.3, 0.4) is 0 Å². The molecule has 0 aliphatic rings. The number of fused-ring (bicyclic) bond motifs is 6. The number of rotatable bonds is 9. The van der Waals surface area contributed by atoms with Gasteiger partial charge in [0.15, 0.2) is 0 Å². The van der Waals surface area contributed by atoms with E-state index in [9.17, 15) is 0 Å². The van der Waals surface area contributed by atoms with Crippen LogP contribution in [0.4, 0.5) is 0 Å². The standard InChI is InChI=1S/C54H50N4/c1-7-41-31-39-21-27-51-49(33-43(9-3)55(51)45-23-17-35(5)18-24-45)53(39)57(41)47-15-11-13-37(29-47)38-14-12-16-48(30-38)58-42(8-2)32-40-22-28-52-50(54(40)58)34-44(10-4)56(52)46-25-19-36(6)20-26-46/h11-34H,7-10H2,1-6H3. The minimum atomic E-state index is 0.940. The van der Waals surface area contributed by atoms with Crippen LogP contribution in [0.15, 0.2) is 146 Å². The second-order valence-electron chi connectivity index (χ2n) is 15.9. The summed E-state index contributed by atoms with van der Waals surface area (Å²) in [5.74, 6) is 0. The second kappa shape index (κ2) is 14.1. The third-order valence-corrected chi connectivity index (χ3v) is 12.4. The topological polar surface area (TPSA) is 19.7 Å². The Labute approximate surface area is 341 Å². The van der Waals surface area contributed by atoms with Gasteiger partial charge in [0, 0.05) is 67.1 Å². The first-order chi connectivity index (χ1) is 28.4. The first-order valence-electron chi connectivity index (χ1n) is 21.1. The summed E-state index contributed by atoms with van der Waals surface area (Å²) in [6, 6.07) is 55.0. The van der Waals surface area contributed by atoms with Crippen molar-refractivity contribution < 1.29 is 0 Å². The largest absolute Gasteiger partial charge is 0.314 e. The maximum Gasteiger partial charge on any atom is 0.0625 e. The lowest BCUT2D eigenvalue weighted by atomic mass is 10.0. The number of hydrogen-bond acceptors (Lipinski definition) is 0. The quantitative estimate of drug-likeness (QED) is 0.140. The molecule has 4 nitrogen and oxygen atoms in total. The van der Waals surface area contributed by atoms with Crippen molar-refractivity contribution in [1.82, 2.24) is 18.3 Å². The Bertz CT molecular complexity index is 2940. The first kappa shape index (κ1) is 35.9. The van der Waals surface area contributed by atoms with E-state index in [-0.39, 0.29) is 0 Å². The lowest BCUT2D eigenvalue weighted by Gasteiger charge is -2.15. The van der Waals surface area contributed by atoms with Crippen LogP contribution in [0.1, 0.15) is 61.6 Å². The highest BCUT2D eigenvalue weighted by molar-refractivity contribution is 6.08. The summed E-state index contributed by atoms with van der Waals surface area (Å²) in [4.78, 5) is 0. The third-order valence-electron chi connectivity index (χ3n) is 12.4. The molecule has 4 heteroatoms. The van der Waals surface area contributed by atoms with Crippen molar-refractivity contribution in [3.63, 3.8) is 0 Å². The summed E-state index contributed by atoms with van der Waals surface area (Å²) in [5.41, 5.74) is 20.1. The molecule has 286 valence electrons. The average molecular weight is 755 g/mol. The zero-order valence-corrected chi connectivity index (χ0v) is 34.5. The minimum absolute atomic E-state index is 0.940. The molecule has 0 fully saturated rings. The summed E-state index contributed by atoms with van der Waals surface area (Å²) in [6.07, 6.45) is 3.79. The predicted molar refractivity (Wildman–Crippen MR) is 246 cm³/mol. The molecular weight excluding hydrogens is 705 g/mol. The molecule has 0 aliphatic heterocycles. The van der Waals surface area contributed by atoms with Crippen molar-refractivity contribution >= 4 is 43.6 Å². The van der Waals surface area contributed by atoms with Crippen molar-refractivity contribution in [2.45, 2.75) is 67.2 Å². The van der Waals surface area contributed by atoms with Gasteiger partial charge in [-0.3, -0.25) is 0 Å². The van der Waals surface area contributed by atoms with Gasteiger partial charge < -0.3 is 18.3 Å². The van der Waals surface area contributed by atoms with Gasteiger partial charge in [0.05, 0.1) is 22.1 Å². The van der Waals surface area contributed by atoms with Crippen molar-refractivity contribution in [2.24, 2.45) is 0 Å². The normalized spacial score (nSPS) is 11.9. The summed E-state index contributed by atoms with van der Waals surface area (Å²) < 4.78 is 9.92. The maximum atomic E-state index is 2.51. The molecule has 0 spiro atoms. The molecule has 0 bridgehead atoms. The van der Waals surface area contributed by atoms with E-state index in [1.54, 1.807) is 0 Å². The Hall–Kier alpha value is -6.52. The smallest absolute Gasteiger partial charge is 0.0625 e. The molecule has 0 saturated heterocycles. The lowest BCUT2D eigenvalue weighted by molar-refractivity contribution is 0.960. The molecule has 4 heterocycles. The summed E-state index contributed by atoms with van der Waals surface area (Å²) in [6.45, 7) is 13.4. The Morgan fingerprint density at radius 3 is 1.10 bits per heavy atom. The minimum Gasteiger partial charge on any atom is -0.314 e. The molecule has 0 amide bonds. The van der Waals surface area contributed by atoms with Gasteiger partial charge >= 0.3 is 0 Å². The van der Waals surface area contributed by atoms with Crippen LogP contribution in [-0.4, -0.2) is 18.3 Å². The van der Waals surface area contributed by atoms with Gasteiger partial charge in [-0.25, -0.2) is 0 Å².